The van der Waals surface area contributed by atoms with Crippen LogP contribution in [0.5, 0.6) is 0 Å². The van der Waals surface area contributed by atoms with Gasteiger partial charge in [-0.05, 0) is 25.7 Å². The van der Waals surface area contributed by atoms with Crippen LogP contribution in [0.4, 0.5) is 5.69 Å². The van der Waals surface area contributed by atoms with Crippen LogP contribution in [0, 0.1) is 10.1 Å². The van der Waals surface area contributed by atoms with Crippen molar-refractivity contribution in [2.75, 3.05) is 0 Å². The number of nitrogens with zero attached hydrogens (tertiary/aromatic N) is 1. The molecular formula is C13H19N3O4S. The molecule has 0 bridgehead atoms. The van der Waals surface area contributed by atoms with E-state index in [1.807, 2.05) is 0 Å². The quantitative estimate of drug-likeness (QED) is 0.627. The summed E-state index contributed by atoms with van der Waals surface area (Å²) in [5.74, 6) is -0.382. The second-order valence-electron chi connectivity index (χ2n) is 5.37. The van der Waals surface area contributed by atoms with Gasteiger partial charge in [-0.25, -0.2) is 13.1 Å². The molecule has 0 amide bonds. The highest BCUT2D eigenvalue weighted by atomic mass is 32.2. The van der Waals surface area contributed by atoms with Crippen molar-refractivity contribution in [3.05, 3.63) is 39.9 Å². The van der Waals surface area contributed by atoms with Gasteiger partial charge in [0, 0.05) is 23.7 Å². The predicted octanol–water partition coefficient (Wildman–Crippen LogP) is 1.28. The van der Waals surface area contributed by atoms with Crippen LogP contribution in [0.15, 0.2) is 24.3 Å². The lowest BCUT2D eigenvalue weighted by Gasteiger charge is -2.26. The van der Waals surface area contributed by atoms with Gasteiger partial charge in [0.25, 0.3) is 5.69 Å². The standard InChI is InChI=1S/C13H19N3O4S/c14-11-5-7-12(8-6-11)15-21(19,20)9-10-3-1-2-4-13(10)16(17)18/h1-4,11-12,15H,5-9,14H2. The number of benzene rings is 1. The molecule has 3 N–H and O–H groups in total. The van der Waals surface area contributed by atoms with Crippen LogP contribution in [0.25, 0.3) is 0 Å². The molecule has 0 aromatic heterocycles. The molecule has 0 saturated heterocycles. The van der Waals surface area contributed by atoms with Crippen molar-refractivity contribution in [1.82, 2.24) is 4.72 Å². The average molecular weight is 313 g/mol. The van der Waals surface area contributed by atoms with Crippen molar-refractivity contribution < 1.29 is 13.3 Å². The Morgan fingerprint density at radius 1 is 1.24 bits per heavy atom. The highest BCUT2D eigenvalue weighted by Crippen LogP contribution is 2.22. The van der Waals surface area contributed by atoms with Crippen molar-refractivity contribution in [2.45, 2.75) is 43.5 Å². The van der Waals surface area contributed by atoms with E-state index in [9.17, 15) is 18.5 Å². The number of hydrogen-bond acceptors (Lipinski definition) is 5. The molecule has 2 rings (SSSR count). The zero-order chi connectivity index (χ0) is 15.5. The lowest BCUT2D eigenvalue weighted by Crippen LogP contribution is -2.40. The van der Waals surface area contributed by atoms with E-state index < -0.39 is 14.9 Å². The van der Waals surface area contributed by atoms with E-state index in [1.54, 1.807) is 6.07 Å². The molecule has 8 heteroatoms. The fourth-order valence-electron chi connectivity index (χ4n) is 2.55. The second-order valence-corrected chi connectivity index (χ2v) is 7.13. The van der Waals surface area contributed by atoms with E-state index in [4.69, 9.17) is 5.73 Å². The van der Waals surface area contributed by atoms with Crippen LogP contribution in [-0.4, -0.2) is 25.4 Å². The van der Waals surface area contributed by atoms with E-state index in [2.05, 4.69) is 4.72 Å². The average Bonchev–Trinajstić information content (AvgIpc) is 2.41. The highest BCUT2D eigenvalue weighted by molar-refractivity contribution is 7.88. The van der Waals surface area contributed by atoms with Gasteiger partial charge in [-0.3, -0.25) is 10.1 Å². The molecule has 1 aliphatic rings. The van der Waals surface area contributed by atoms with E-state index in [0.29, 0.717) is 12.8 Å². The normalized spacial score (nSPS) is 22.9. The number of sulfonamides is 1. The molecule has 21 heavy (non-hydrogen) atoms. The van der Waals surface area contributed by atoms with Crippen molar-refractivity contribution in [3.8, 4) is 0 Å². The van der Waals surface area contributed by atoms with Gasteiger partial charge in [0.15, 0.2) is 0 Å². The molecule has 0 spiro atoms. The fraction of sp³-hybridized carbons (Fsp3) is 0.538. The summed E-state index contributed by atoms with van der Waals surface area (Å²) < 4.78 is 26.9. The Morgan fingerprint density at radius 3 is 2.48 bits per heavy atom. The molecule has 1 aliphatic carbocycles. The maximum Gasteiger partial charge on any atom is 0.273 e. The molecule has 7 nitrogen and oxygen atoms in total. The summed E-state index contributed by atoms with van der Waals surface area (Å²) in [5.41, 5.74) is 5.81. The molecule has 1 aromatic carbocycles. The lowest BCUT2D eigenvalue weighted by atomic mass is 9.93. The summed E-state index contributed by atoms with van der Waals surface area (Å²) in [4.78, 5) is 10.3. The van der Waals surface area contributed by atoms with E-state index in [0.717, 1.165) is 12.8 Å². The third-order valence-corrected chi connectivity index (χ3v) is 5.04. The van der Waals surface area contributed by atoms with Crippen molar-refractivity contribution >= 4 is 15.7 Å². The van der Waals surface area contributed by atoms with Crippen LogP contribution >= 0.6 is 0 Å². The van der Waals surface area contributed by atoms with Crippen molar-refractivity contribution in [1.29, 1.82) is 0 Å². The smallest absolute Gasteiger partial charge is 0.273 e. The first-order valence-electron chi connectivity index (χ1n) is 6.85. The third-order valence-electron chi connectivity index (χ3n) is 3.65. The van der Waals surface area contributed by atoms with Crippen molar-refractivity contribution in [3.63, 3.8) is 0 Å². The molecule has 0 aliphatic heterocycles. The van der Waals surface area contributed by atoms with E-state index in [-0.39, 0.29) is 29.1 Å². The summed E-state index contributed by atoms with van der Waals surface area (Å²) in [6.45, 7) is 0. The Kier molecular flexibility index (Phi) is 4.92. The van der Waals surface area contributed by atoms with Crippen LogP contribution in [-0.2, 0) is 15.8 Å². The Labute approximate surface area is 123 Å². The molecule has 0 heterocycles. The molecule has 0 radical (unpaired) electrons. The largest absolute Gasteiger partial charge is 0.328 e. The lowest BCUT2D eigenvalue weighted by molar-refractivity contribution is -0.385. The van der Waals surface area contributed by atoms with Gasteiger partial charge in [0.1, 0.15) is 0 Å². The molecule has 0 atom stereocenters. The summed E-state index contributed by atoms with van der Waals surface area (Å²) in [6, 6.07) is 5.90. The van der Waals surface area contributed by atoms with Crippen LogP contribution < -0.4 is 10.5 Å². The molecule has 1 saturated carbocycles. The maximum atomic E-state index is 12.2. The Hall–Kier alpha value is -1.51. The zero-order valence-electron chi connectivity index (χ0n) is 11.6. The second kappa shape index (κ2) is 6.50. The van der Waals surface area contributed by atoms with Gasteiger partial charge in [-0.2, -0.15) is 0 Å². The van der Waals surface area contributed by atoms with Crippen molar-refractivity contribution in [2.24, 2.45) is 5.73 Å². The molecule has 1 fully saturated rings. The SMILES string of the molecule is NC1CCC(NS(=O)(=O)Cc2ccccc2[N+](=O)[O-])CC1. The van der Waals surface area contributed by atoms with Gasteiger partial charge in [-0.1, -0.05) is 18.2 Å². The van der Waals surface area contributed by atoms with Gasteiger partial charge < -0.3 is 5.73 Å². The molecular weight excluding hydrogens is 294 g/mol. The van der Waals surface area contributed by atoms with Gasteiger partial charge >= 0.3 is 0 Å². The fourth-order valence-corrected chi connectivity index (χ4v) is 4.03. The summed E-state index contributed by atoms with van der Waals surface area (Å²) in [6.07, 6.45) is 2.99. The number of hydrogen-bond donors (Lipinski definition) is 2. The Bertz CT molecular complexity index is 610. The minimum atomic E-state index is -3.60. The van der Waals surface area contributed by atoms with Crippen LogP contribution in [0.3, 0.4) is 0 Å². The number of nitro benzene ring substituents is 1. The molecule has 1 aromatic rings. The van der Waals surface area contributed by atoms with Crippen LogP contribution in [0.1, 0.15) is 31.2 Å². The predicted molar refractivity (Wildman–Crippen MR) is 79.1 cm³/mol. The van der Waals surface area contributed by atoms with E-state index in [1.165, 1.54) is 18.2 Å². The summed E-state index contributed by atoms with van der Waals surface area (Å²) in [5, 5.41) is 10.9. The zero-order valence-corrected chi connectivity index (χ0v) is 12.4. The minimum absolute atomic E-state index is 0.127. The van der Waals surface area contributed by atoms with Gasteiger partial charge in [-0.15, -0.1) is 0 Å². The molecule has 116 valence electrons. The first kappa shape index (κ1) is 15.9. The minimum Gasteiger partial charge on any atom is -0.328 e. The monoisotopic (exact) mass is 313 g/mol. The topological polar surface area (TPSA) is 115 Å². The Balaban J connectivity index is 2.06. The number of nitrogens with one attached hydrogen (secondary N) is 1. The first-order chi connectivity index (χ1) is 9.87. The summed E-state index contributed by atoms with van der Waals surface area (Å²) >= 11 is 0. The van der Waals surface area contributed by atoms with Gasteiger partial charge in [0.2, 0.25) is 10.0 Å². The Morgan fingerprint density at radius 2 is 1.86 bits per heavy atom. The van der Waals surface area contributed by atoms with Crippen LogP contribution in [0.2, 0.25) is 0 Å². The number of nitro groups is 1. The number of nitrogens with two attached hydrogens (primary N) is 1. The number of para-hydroxylation sites is 1. The maximum absolute atomic E-state index is 12.2. The first-order valence-corrected chi connectivity index (χ1v) is 8.50. The van der Waals surface area contributed by atoms with Gasteiger partial charge in [0.05, 0.1) is 10.7 Å². The highest BCUT2D eigenvalue weighted by Gasteiger charge is 2.25. The number of rotatable bonds is 5. The summed E-state index contributed by atoms with van der Waals surface area (Å²) in [7, 11) is -3.60. The molecule has 0 unspecified atom stereocenters. The van der Waals surface area contributed by atoms with E-state index >= 15 is 0 Å². The third kappa shape index (κ3) is 4.48.